The van der Waals surface area contributed by atoms with Gasteiger partial charge in [0.2, 0.25) is 0 Å². The molecule has 1 amide bonds. The van der Waals surface area contributed by atoms with E-state index in [0.717, 1.165) is 24.2 Å². The molecule has 0 radical (unpaired) electrons. The van der Waals surface area contributed by atoms with Crippen molar-refractivity contribution in [1.82, 2.24) is 0 Å². The summed E-state index contributed by atoms with van der Waals surface area (Å²) in [5, 5.41) is 7.31. The summed E-state index contributed by atoms with van der Waals surface area (Å²) in [7, 11) is 1.61. The van der Waals surface area contributed by atoms with Crippen LogP contribution in [0.2, 0.25) is 0 Å². The highest BCUT2D eigenvalue weighted by Gasteiger charge is 2.19. The number of rotatable bonds is 4. The number of carbonyl (C=O) groups is 1. The summed E-state index contributed by atoms with van der Waals surface area (Å²) in [6, 6.07) is 5.57. The molecule has 1 saturated carbocycles. The highest BCUT2D eigenvalue weighted by Crippen LogP contribution is 2.34. The molecule has 1 heterocycles. The third kappa shape index (κ3) is 2.57. The van der Waals surface area contributed by atoms with Crippen molar-refractivity contribution in [2.45, 2.75) is 31.8 Å². The SMILES string of the molecule is COc1cc(C2=CC(=O)N=N2)ccc1OC1CCCC1. The maximum atomic E-state index is 11.1. The molecule has 0 saturated heterocycles. The van der Waals surface area contributed by atoms with E-state index in [1.54, 1.807) is 7.11 Å². The summed E-state index contributed by atoms with van der Waals surface area (Å²) in [5.41, 5.74) is 1.36. The van der Waals surface area contributed by atoms with Crippen LogP contribution in [0.3, 0.4) is 0 Å². The van der Waals surface area contributed by atoms with Crippen LogP contribution in [0.5, 0.6) is 11.5 Å². The summed E-state index contributed by atoms with van der Waals surface area (Å²) in [4.78, 5) is 11.1. The first kappa shape index (κ1) is 12.8. The molecule has 1 aliphatic heterocycles. The lowest BCUT2D eigenvalue weighted by Crippen LogP contribution is -2.11. The Bertz CT molecular complexity index is 587. The number of hydrogen-bond acceptors (Lipinski definition) is 4. The summed E-state index contributed by atoms with van der Waals surface area (Å²) in [6.45, 7) is 0. The Morgan fingerprint density at radius 1 is 1.15 bits per heavy atom. The molecular formula is C15H16N2O3. The van der Waals surface area contributed by atoms with Gasteiger partial charge in [0.25, 0.3) is 5.91 Å². The van der Waals surface area contributed by atoms with Crippen molar-refractivity contribution in [3.05, 3.63) is 29.8 Å². The first-order chi connectivity index (χ1) is 9.76. The molecule has 1 aromatic carbocycles. The zero-order valence-corrected chi connectivity index (χ0v) is 11.3. The van der Waals surface area contributed by atoms with Crippen molar-refractivity contribution in [3.63, 3.8) is 0 Å². The lowest BCUT2D eigenvalue weighted by molar-refractivity contribution is -0.113. The summed E-state index contributed by atoms with van der Waals surface area (Å²) >= 11 is 0. The summed E-state index contributed by atoms with van der Waals surface area (Å²) in [5.74, 6) is 1.07. The average molecular weight is 272 g/mol. The van der Waals surface area contributed by atoms with Gasteiger partial charge in [-0.25, -0.2) is 0 Å². The minimum absolute atomic E-state index is 0.279. The fourth-order valence-electron chi connectivity index (χ4n) is 2.53. The van der Waals surface area contributed by atoms with Gasteiger partial charge in [-0.1, -0.05) is 0 Å². The van der Waals surface area contributed by atoms with E-state index in [9.17, 15) is 4.79 Å². The first-order valence-electron chi connectivity index (χ1n) is 6.79. The van der Waals surface area contributed by atoms with Crippen LogP contribution in [0, 0.1) is 0 Å². The van der Waals surface area contributed by atoms with Gasteiger partial charge in [0.1, 0.15) is 0 Å². The van der Waals surface area contributed by atoms with Crippen LogP contribution in [0.25, 0.3) is 5.70 Å². The number of nitrogens with zero attached hydrogens (tertiary/aromatic N) is 2. The molecule has 0 N–H and O–H groups in total. The number of methoxy groups -OCH3 is 1. The number of azo groups is 1. The van der Waals surface area contributed by atoms with Gasteiger partial charge in [0.15, 0.2) is 11.5 Å². The largest absolute Gasteiger partial charge is 0.493 e. The Labute approximate surface area is 117 Å². The van der Waals surface area contributed by atoms with E-state index in [4.69, 9.17) is 9.47 Å². The zero-order valence-electron chi connectivity index (χ0n) is 11.3. The fraction of sp³-hybridized carbons (Fsp3) is 0.400. The van der Waals surface area contributed by atoms with Crippen molar-refractivity contribution in [2.75, 3.05) is 7.11 Å². The van der Waals surface area contributed by atoms with Crippen LogP contribution in [0.4, 0.5) is 0 Å². The van der Waals surface area contributed by atoms with Gasteiger partial charge in [-0.2, -0.15) is 0 Å². The number of hydrogen-bond donors (Lipinski definition) is 0. The predicted molar refractivity (Wildman–Crippen MR) is 73.7 cm³/mol. The second kappa shape index (κ2) is 5.45. The van der Waals surface area contributed by atoms with Gasteiger partial charge in [-0.15, -0.1) is 10.2 Å². The van der Waals surface area contributed by atoms with Crippen LogP contribution in [0.1, 0.15) is 31.2 Å². The van der Waals surface area contributed by atoms with Crippen molar-refractivity contribution in [1.29, 1.82) is 0 Å². The molecule has 0 spiro atoms. The van der Waals surface area contributed by atoms with E-state index in [1.807, 2.05) is 18.2 Å². The minimum atomic E-state index is -0.328. The third-order valence-electron chi connectivity index (χ3n) is 3.57. The predicted octanol–water partition coefficient (Wildman–Crippen LogP) is 3.35. The fourth-order valence-corrected chi connectivity index (χ4v) is 2.53. The van der Waals surface area contributed by atoms with Gasteiger partial charge >= 0.3 is 0 Å². The number of carbonyl (C=O) groups excluding carboxylic acids is 1. The van der Waals surface area contributed by atoms with E-state index in [0.29, 0.717) is 11.4 Å². The van der Waals surface area contributed by atoms with Crippen molar-refractivity contribution < 1.29 is 14.3 Å². The van der Waals surface area contributed by atoms with E-state index in [-0.39, 0.29) is 12.0 Å². The van der Waals surface area contributed by atoms with Gasteiger partial charge in [0.05, 0.1) is 18.9 Å². The molecule has 20 heavy (non-hydrogen) atoms. The maximum Gasteiger partial charge on any atom is 0.290 e. The average Bonchev–Trinajstić information content (AvgIpc) is 3.11. The molecule has 1 aromatic rings. The minimum Gasteiger partial charge on any atom is -0.493 e. The van der Waals surface area contributed by atoms with E-state index >= 15 is 0 Å². The molecular weight excluding hydrogens is 256 g/mol. The molecule has 1 aliphatic carbocycles. The lowest BCUT2D eigenvalue weighted by Gasteiger charge is -2.16. The molecule has 2 aliphatic rings. The van der Waals surface area contributed by atoms with Crippen molar-refractivity contribution >= 4 is 11.6 Å². The Kier molecular flexibility index (Phi) is 3.50. The van der Waals surface area contributed by atoms with Gasteiger partial charge in [-0.3, -0.25) is 4.79 Å². The van der Waals surface area contributed by atoms with Crippen LogP contribution in [0.15, 0.2) is 34.5 Å². The monoisotopic (exact) mass is 272 g/mol. The molecule has 5 heteroatoms. The lowest BCUT2D eigenvalue weighted by atomic mass is 10.1. The van der Waals surface area contributed by atoms with Crippen LogP contribution >= 0.6 is 0 Å². The summed E-state index contributed by atoms with van der Waals surface area (Å²) in [6.07, 6.45) is 6.33. The first-order valence-corrected chi connectivity index (χ1v) is 6.79. The van der Waals surface area contributed by atoms with Crippen LogP contribution in [-0.2, 0) is 4.79 Å². The number of benzene rings is 1. The molecule has 0 aromatic heterocycles. The molecule has 0 bridgehead atoms. The maximum absolute atomic E-state index is 11.1. The van der Waals surface area contributed by atoms with Gasteiger partial charge in [-0.05, 0) is 43.9 Å². The van der Waals surface area contributed by atoms with E-state index in [2.05, 4.69) is 10.2 Å². The third-order valence-corrected chi connectivity index (χ3v) is 3.57. The Balaban J connectivity index is 1.84. The quantitative estimate of drug-likeness (QED) is 0.844. The molecule has 3 rings (SSSR count). The van der Waals surface area contributed by atoms with E-state index in [1.165, 1.54) is 18.9 Å². The second-order valence-corrected chi connectivity index (χ2v) is 4.96. The van der Waals surface area contributed by atoms with Crippen LogP contribution in [-0.4, -0.2) is 19.1 Å². The highest BCUT2D eigenvalue weighted by atomic mass is 16.5. The smallest absolute Gasteiger partial charge is 0.290 e. The molecule has 104 valence electrons. The van der Waals surface area contributed by atoms with Crippen LogP contribution < -0.4 is 9.47 Å². The Hall–Kier alpha value is -2.17. The molecule has 0 unspecified atom stereocenters. The van der Waals surface area contributed by atoms with Crippen molar-refractivity contribution in [2.24, 2.45) is 10.2 Å². The normalized spacial score (nSPS) is 18.4. The molecule has 0 atom stereocenters. The molecule has 5 nitrogen and oxygen atoms in total. The topological polar surface area (TPSA) is 60.2 Å². The zero-order chi connectivity index (χ0) is 13.9. The Morgan fingerprint density at radius 3 is 2.60 bits per heavy atom. The van der Waals surface area contributed by atoms with Gasteiger partial charge in [0, 0.05) is 11.6 Å². The number of ether oxygens (including phenoxy) is 2. The standard InChI is InChI=1S/C15H16N2O3/c1-19-14-8-10(12-9-15(18)17-16-12)6-7-13(14)20-11-4-2-3-5-11/h6-9,11H,2-5H2,1H3. The summed E-state index contributed by atoms with van der Waals surface area (Å²) < 4.78 is 11.3. The Morgan fingerprint density at radius 2 is 1.95 bits per heavy atom. The number of amides is 1. The van der Waals surface area contributed by atoms with Gasteiger partial charge < -0.3 is 9.47 Å². The molecule has 1 fully saturated rings. The van der Waals surface area contributed by atoms with Crippen molar-refractivity contribution in [3.8, 4) is 11.5 Å². The van der Waals surface area contributed by atoms with E-state index < -0.39 is 0 Å². The highest BCUT2D eigenvalue weighted by molar-refractivity contribution is 5.98. The second-order valence-electron chi connectivity index (χ2n) is 4.96.